The molecule has 0 aliphatic carbocycles. The number of aromatic nitrogens is 2. The summed E-state index contributed by atoms with van der Waals surface area (Å²) >= 11 is 0. The van der Waals surface area contributed by atoms with Gasteiger partial charge in [0.25, 0.3) is 11.6 Å². The number of nitro benzene ring substituents is 1. The van der Waals surface area contributed by atoms with Gasteiger partial charge >= 0.3 is 0 Å². The summed E-state index contributed by atoms with van der Waals surface area (Å²) in [4.78, 5) is 29.7. The van der Waals surface area contributed by atoms with Gasteiger partial charge in [-0.05, 0) is 37.6 Å². The van der Waals surface area contributed by atoms with E-state index in [0.717, 1.165) is 6.42 Å². The molecule has 3 aromatic rings. The maximum absolute atomic E-state index is 13.0. The summed E-state index contributed by atoms with van der Waals surface area (Å²) in [6.45, 7) is 4.41. The van der Waals surface area contributed by atoms with Crippen molar-refractivity contribution in [1.29, 1.82) is 0 Å². The van der Waals surface area contributed by atoms with E-state index in [1.807, 2.05) is 13.8 Å². The minimum Gasteiger partial charge on any atom is -0.497 e. The maximum atomic E-state index is 13.0. The van der Waals surface area contributed by atoms with Crippen LogP contribution in [0.4, 0.5) is 5.69 Å². The first-order chi connectivity index (χ1) is 14.9. The van der Waals surface area contributed by atoms with Gasteiger partial charge in [0, 0.05) is 42.3 Å². The van der Waals surface area contributed by atoms with Crippen LogP contribution in [0.3, 0.4) is 0 Å². The molecule has 1 heterocycles. The molecule has 0 spiro atoms. The molecular weight excluding hydrogens is 400 g/mol. The smallest absolute Gasteiger partial charge is 0.270 e. The van der Waals surface area contributed by atoms with Crippen LogP contribution in [-0.2, 0) is 6.42 Å². The largest absolute Gasteiger partial charge is 0.497 e. The molecule has 0 aliphatic heterocycles. The van der Waals surface area contributed by atoms with E-state index >= 15 is 0 Å². The second-order valence-electron chi connectivity index (χ2n) is 7.05. The molecule has 0 N–H and O–H groups in total. The van der Waals surface area contributed by atoms with Crippen LogP contribution in [0, 0.1) is 10.1 Å². The predicted octanol–water partition coefficient (Wildman–Crippen LogP) is 4.14. The van der Waals surface area contributed by atoms with Crippen molar-refractivity contribution in [2.75, 3.05) is 13.7 Å². The van der Waals surface area contributed by atoms with Crippen molar-refractivity contribution in [3.63, 3.8) is 0 Å². The average molecular weight is 424 g/mol. The molecule has 0 radical (unpaired) electrons. The topological polar surface area (TPSA) is 112 Å². The Balaban J connectivity index is 1.73. The predicted molar refractivity (Wildman–Crippen MR) is 114 cm³/mol. The summed E-state index contributed by atoms with van der Waals surface area (Å²) < 4.78 is 10.5. The van der Waals surface area contributed by atoms with Crippen LogP contribution >= 0.6 is 0 Å². The average Bonchev–Trinajstić information content (AvgIpc) is 3.28. The summed E-state index contributed by atoms with van der Waals surface area (Å²) in [5.41, 5.74) is 1.03. The lowest BCUT2D eigenvalue weighted by molar-refractivity contribution is -0.384. The third-order valence-electron chi connectivity index (χ3n) is 5.07. The van der Waals surface area contributed by atoms with Crippen molar-refractivity contribution in [3.05, 3.63) is 70.1 Å². The lowest BCUT2D eigenvalue weighted by Crippen LogP contribution is -2.39. The van der Waals surface area contributed by atoms with Crippen molar-refractivity contribution in [2.24, 2.45) is 0 Å². The van der Waals surface area contributed by atoms with E-state index in [2.05, 4.69) is 10.1 Å². The number of ether oxygens (including phenoxy) is 1. The number of benzene rings is 2. The molecule has 0 unspecified atom stereocenters. The van der Waals surface area contributed by atoms with E-state index in [4.69, 9.17) is 9.26 Å². The fraction of sp³-hybridized carbons (Fsp3) is 0.318. The minimum atomic E-state index is -0.473. The highest BCUT2D eigenvalue weighted by Gasteiger charge is 2.22. The third kappa shape index (κ3) is 5.25. The molecule has 31 heavy (non-hydrogen) atoms. The number of carbonyl (C=O) groups is 1. The van der Waals surface area contributed by atoms with Gasteiger partial charge < -0.3 is 14.2 Å². The zero-order chi connectivity index (χ0) is 22.4. The molecule has 0 aliphatic rings. The zero-order valence-corrected chi connectivity index (χ0v) is 17.6. The molecule has 2 aromatic carbocycles. The normalized spacial score (nSPS) is 11.7. The Kier molecular flexibility index (Phi) is 6.96. The number of hydrogen-bond acceptors (Lipinski definition) is 7. The lowest BCUT2D eigenvalue weighted by atomic mass is 10.1. The Labute approximate surface area is 179 Å². The quantitative estimate of drug-likeness (QED) is 0.375. The number of nitrogens with zero attached hydrogens (tertiary/aromatic N) is 4. The van der Waals surface area contributed by atoms with Crippen LogP contribution in [0.1, 0.15) is 36.5 Å². The highest BCUT2D eigenvalue weighted by molar-refractivity contribution is 5.94. The van der Waals surface area contributed by atoms with Gasteiger partial charge in [0.1, 0.15) is 5.75 Å². The van der Waals surface area contributed by atoms with Crippen LogP contribution in [0.25, 0.3) is 11.4 Å². The molecule has 0 saturated heterocycles. The van der Waals surface area contributed by atoms with Gasteiger partial charge in [-0.1, -0.05) is 24.2 Å². The highest BCUT2D eigenvalue weighted by Crippen LogP contribution is 2.22. The molecular formula is C22H24N4O5. The Bertz CT molecular complexity index is 1050. The van der Waals surface area contributed by atoms with E-state index in [-0.39, 0.29) is 23.5 Å². The molecule has 1 amide bonds. The summed E-state index contributed by atoms with van der Waals surface area (Å²) in [6.07, 6.45) is 1.17. The van der Waals surface area contributed by atoms with Crippen LogP contribution in [0.2, 0.25) is 0 Å². The summed E-state index contributed by atoms with van der Waals surface area (Å²) in [5.74, 6) is 1.23. The molecule has 1 aromatic heterocycles. The molecule has 0 saturated carbocycles. The third-order valence-corrected chi connectivity index (χ3v) is 5.07. The fourth-order valence-corrected chi connectivity index (χ4v) is 3.09. The summed E-state index contributed by atoms with van der Waals surface area (Å²) in [5, 5.41) is 14.9. The first kappa shape index (κ1) is 21.9. The van der Waals surface area contributed by atoms with Crippen LogP contribution in [0.5, 0.6) is 5.75 Å². The first-order valence-electron chi connectivity index (χ1n) is 9.95. The molecule has 3 rings (SSSR count). The monoisotopic (exact) mass is 424 g/mol. The molecule has 162 valence electrons. The van der Waals surface area contributed by atoms with E-state index in [1.54, 1.807) is 48.4 Å². The maximum Gasteiger partial charge on any atom is 0.270 e. The number of hydrogen-bond donors (Lipinski definition) is 0. The number of carbonyl (C=O) groups excluding carboxylic acids is 1. The molecule has 0 fully saturated rings. The van der Waals surface area contributed by atoms with Gasteiger partial charge in [0.2, 0.25) is 11.7 Å². The number of nitro groups is 1. The van der Waals surface area contributed by atoms with E-state index in [1.165, 1.54) is 12.1 Å². The second-order valence-corrected chi connectivity index (χ2v) is 7.05. The van der Waals surface area contributed by atoms with Crippen LogP contribution in [-0.4, -0.2) is 45.6 Å². The number of methoxy groups -OCH3 is 1. The summed E-state index contributed by atoms with van der Waals surface area (Å²) in [6, 6.07) is 13.1. The van der Waals surface area contributed by atoms with Gasteiger partial charge in [-0.25, -0.2) is 0 Å². The fourth-order valence-electron chi connectivity index (χ4n) is 3.09. The number of amides is 1. The second kappa shape index (κ2) is 9.84. The molecule has 9 nitrogen and oxygen atoms in total. The molecule has 1 atom stereocenters. The van der Waals surface area contributed by atoms with Crippen LogP contribution < -0.4 is 4.74 Å². The Hall–Kier alpha value is -3.75. The van der Waals surface area contributed by atoms with Crippen LogP contribution in [0.15, 0.2) is 53.1 Å². The Morgan fingerprint density at radius 2 is 2.00 bits per heavy atom. The van der Waals surface area contributed by atoms with Crippen molar-refractivity contribution in [2.45, 2.75) is 32.7 Å². The van der Waals surface area contributed by atoms with E-state index < -0.39 is 4.92 Å². The van der Waals surface area contributed by atoms with Gasteiger partial charge in [0.15, 0.2) is 0 Å². The van der Waals surface area contributed by atoms with Gasteiger partial charge in [0.05, 0.1) is 12.0 Å². The Morgan fingerprint density at radius 1 is 1.26 bits per heavy atom. The van der Waals surface area contributed by atoms with Gasteiger partial charge in [-0.2, -0.15) is 4.98 Å². The Morgan fingerprint density at radius 3 is 2.65 bits per heavy atom. The van der Waals surface area contributed by atoms with E-state index in [9.17, 15) is 14.9 Å². The standard InChI is InChI=1S/C22H24N4O5/c1-4-15(2)25(22(27)16-8-10-19(30-3)11-9-16)13-12-20-23-21(24-31-20)17-6-5-7-18(14-17)26(28)29/h5-11,14-15H,4,12-13H2,1-3H3/t15-/m0/s1. The van der Waals surface area contributed by atoms with Crippen molar-refractivity contribution in [3.8, 4) is 17.1 Å². The molecule has 0 bridgehead atoms. The van der Waals surface area contributed by atoms with Gasteiger partial charge in [-0.3, -0.25) is 14.9 Å². The first-order valence-corrected chi connectivity index (χ1v) is 9.95. The number of rotatable bonds is 9. The highest BCUT2D eigenvalue weighted by atomic mass is 16.6. The molecule has 9 heteroatoms. The SMILES string of the molecule is CC[C@H](C)N(CCc1nc(-c2cccc([N+](=O)[O-])c2)no1)C(=O)c1ccc(OC)cc1. The van der Waals surface area contributed by atoms with Crippen molar-refractivity contribution < 1.29 is 19.0 Å². The van der Waals surface area contributed by atoms with Crippen molar-refractivity contribution in [1.82, 2.24) is 15.0 Å². The van der Waals surface area contributed by atoms with Gasteiger partial charge in [-0.15, -0.1) is 0 Å². The lowest BCUT2D eigenvalue weighted by Gasteiger charge is -2.28. The summed E-state index contributed by atoms with van der Waals surface area (Å²) in [7, 11) is 1.58. The number of non-ortho nitro benzene ring substituents is 1. The minimum absolute atomic E-state index is 0.0220. The zero-order valence-electron chi connectivity index (χ0n) is 17.6. The van der Waals surface area contributed by atoms with E-state index in [0.29, 0.717) is 35.7 Å². The van der Waals surface area contributed by atoms with Crippen molar-refractivity contribution >= 4 is 11.6 Å².